The van der Waals surface area contributed by atoms with Gasteiger partial charge in [-0.25, -0.2) is 0 Å². The topological polar surface area (TPSA) is 0 Å². The largest absolute Gasteiger partial charge is 0.0764 e. The third-order valence-corrected chi connectivity index (χ3v) is 3.79. The zero-order valence-electron chi connectivity index (χ0n) is 11.2. The molecule has 0 aromatic heterocycles. The summed E-state index contributed by atoms with van der Waals surface area (Å²) >= 11 is 0. The van der Waals surface area contributed by atoms with Gasteiger partial charge in [0.05, 0.1) is 0 Å². The maximum absolute atomic E-state index is 2.41. The van der Waals surface area contributed by atoms with Gasteiger partial charge in [-0.2, -0.15) is 0 Å². The van der Waals surface area contributed by atoms with Crippen molar-refractivity contribution < 1.29 is 0 Å². The molecule has 1 aromatic rings. The summed E-state index contributed by atoms with van der Waals surface area (Å²) in [7, 11) is 0. The first-order valence-electron chi connectivity index (χ1n) is 7.16. The van der Waals surface area contributed by atoms with Crippen LogP contribution in [0.25, 0.3) is 6.08 Å². The van der Waals surface area contributed by atoms with E-state index in [0.29, 0.717) is 5.92 Å². The van der Waals surface area contributed by atoms with Crippen molar-refractivity contribution in [3.05, 3.63) is 41.0 Å². The lowest BCUT2D eigenvalue weighted by Crippen LogP contribution is -1.96. The maximum Gasteiger partial charge on any atom is 0.00273 e. The first-order chi connectivity index (χ1) is 8.36. The van der Waals surface area contributed by atoms with Crippen molar-refractivity contribution in [2.75, 3.05) is 0 Å². The number of unbranched alkanes of at least 4 members (excludes halogenated alkanes) is 2. The van der Waals surface area contributed by atoms with Crippen LogP contribution in [0, 0.1) is 0 Å². The van der Waals surface area contributed by atoms with Crippen LogP contribution in [-0.2, 0) is 6.42 Å². The first-order valence-corrected chi connectivity index (χ1v) is 7.16. The van der Waals surface area contributed by atoms with E-state index in [9.17, 15) is 0 Å². The third-order valence-electron chi connectivity index (χ3n) is 3.79. The summed E-state index contributed by atoms with van der Waals surface area (Å²) in [4.78, 5) is 0. The van der Waals surface area contributed by atoms with Gasteiger partial charge in [0.15, 0.2) is 0 Å². The van der Waals surface area contributed by atoms with E-state index >= 15 is 0 Å². The number of allylic oxidation sites excluding steroid dienone is 1. The molecule has 17 heavy (non-hydrogen) atoms. The maximum atomic E-state index is 2.41. The fourth-order valence-electron chi connectivity index (χ4n) is 2.74. The van der Waals surface area contributed by atoms with Crippen LogP contribution < -0.4 is 0 Å². The second-order valence-corrected chi connectivity index (χ2v) is 5.13. The van der Waals surface area contributed by atoms with Gasteiger partial charge in [-0.1, -0.05) is 63.5 Å². The Morgan fingerprint density at radius 2 is 1.88 bits per heavy atom. The van der Waals surface area contributed by atoms with Crippen molar-refractivity contribution >= 4 is 6.08 Å². The summed E-state index contributed by atoms with van der Waals surface area (Å²) in [6.45, 7) is 4.54. The predicted octanol–water partition coefficient (Wildman–Crippen LogP) is 5.33. The van der Waals surface area contributed by atoms with E-state index in [4.69, 9.17) is 0 Å². The van der Waals surface area contributed by atoms with Gasteiger partial charge in [0.25, 0.3) is 0 Å². The summed E-state index contributed by atoms with van der Waals surface area (Å²) in [5.41, 5.74) is 4.66. The van der Waals surface area contributed by atoms with Gasteiger partial charge in [0.2, 0.25) is 0 Å². The smallest absolute Gasteiger partial charge is 0.00273 e. The molecule has 0 fully saturated rings. The highest BCUT2D eigenvalue weighted by Gasteiger charge is 2.18. The van der Waals surface area contributed by atoms with Crippen molar-refractivity contribution in [1.29, 1.82) is 0 Å². The molecule has 0 saturated carbocycles. The van der Waals surface area contributed by atoms with Gasteiger partial charge in [-0.05, 0) is 36.0 Å². The minimum Gasteiger partial charge on any atom is -0.0764 e. The average molecular weight is 228 g/mol. The van der Waals surface area contributed by atoms with Gasteiger partial charge in [0.1, 0.15) is 0 Å². The van der Waals surface area contributed by atoms with E-state index in [2.05, 4.69) is 44.2 Å². The van der Waals surface area contributed by atoms with Crippen molar-refractivity contribution in [3.63, 3.8) is 0 Å². The number of hydrogen-bond donors (Lipinski definition) is 0. The zero-order chi connectivity index (χ0) is 12.1. The quantitative estimate of drug-likeness (QED) is 0.617. The summed E-state index contributed by atoms with van der Waals surface area (Å²) in [6, 6.07) is 6.88. The Morgan fingerprint density at radius 3 is 2.65 bits per heavy atom. The van der Waals surface area contributed by atoms with Crippen LogP contribution in [0.5, 0.6) is 0 Å². The Balaban J connectivity index is 2.14. The van der Waals surface area contributed by atoms with Gasteiger partial charge in [-0.15, -0.1) is 0 Å². The molecular formula is C17H24. The molecule has 0 saturated heterocycles. The Bertz CT molecular complexity index is 387. The molecular weight excluding hydrogens is 204 g/mol. The molecule has 0 amide bonds. The van der Waals surface area contributed by atoms with Crippen molar-refractivity contribution in [3.8, 4) is 0 Å². The molecule has 0 N–H and O–H groups in total. The molecule has 0 aliphatic heterocycles. The molecule has 1 aliphatic rings. The Labute approximate surface area is 106 Å². The summed E-state index contributed by atoms with van der Waals surface area (Å²) in [6.07, 6.45) is 12.6. The van der Waals surface area contributed by atoms with Gasteiger partial charge in [-0.3, -0.25) is 0 Å². The van der Waals surface area contributed by atoms with Crippen LogP contribution in [0.1, 0.15) is 68.6 Å². The van der Waals surface area contributed by atoms with Crippen LogP contribution in [0.15, 0.2) is 24.3 Å². The SMILES string of the molecule is CCCCc1cccc2c1C=CC2CCCC. The molecule has 0 spiro atoms. The Hall–Kier alpha value is -1.04. The highest BCUT2D eigenvalue weighted by molar-refractivity contribution is 5.65. The molecule has 1 unspecified atom stereocenters. The first kappa shape index (κ1) is 12.4. The summed E-state index contributed by atoms with van der Waals surface area (Å²) in [5, 5.41) is 0. The van der Waals surface area contributed by atoms with Crippen LogP contribution in [0.2, 0.25) is 0 Å². The molecule has 1 atom stereocenters. The molecule has 2 rings (SSSR count). The second-order valence-electron chi connectivity index (χ2n) is 5.13. The minimum atomic E-state index is 0.687. The van der Waals surface area contributed by atoms with Gasteiger partial charge in [0, 0.05) is 5.92 Å². The van der Waals surface area contributed by atoms with Crippen molar-refractivity contribution in [2.45, 2.75) is 58.3 Å². The van der Waals surface area contributed by atoms with E-state index in [1.807, 2.05) is 0 Å². The third kappa shape index (κ3) is 2.80. The molecule has 0 heterocycles. The lowest BCUT2D eigenvalue weighted by atomic mass is 9.92. The number of fused-ring (bicyclic) bond motifs is 1. The fraction of sp³-hybridized carbons (Fsp3) is 0.529. The number of rotatable bonds is 6. The highest BCUT2D eigenvalue weighted by Crippen LogP contribution is 2.35. The second kappa shape index (κ2) is 6.05. The monoisotopic (exact) mass is 228 g/mol. The van der Waals surface area contributed by atoms with Crippen LogP contribution >= 0.6 is 0 Å². The Kier molecular flexibility index (Phi) is 4.42. The molecule has 92 valence electrons. The fourth-order valence-corrected chi connectivity index (χ4v) is 2.74. The molecule has 1 aliphatic carbocycles. The number of benzene rings is 1. The molecule has 0 bridgehead atoms. The van der Waals surface area contributed by atoms with Gasteiger partial charge < -0.3 is 0 Å². The van der Waals surface area contributed by atoms with E-state index < -0.39 is 0 Å². The normalized spacial score (nSPS) is 17.4. The minimum absolute atomic E-state index is 0.687. The summed E-state index contributed by atoms with van der Waals surface area (Å²) in [5.74, 6) is 0.687. The van der Waals surface area contributed by atoms with Crippen LogP contribution in [0.3, 0.4) is 0 Å². The van der Waals surface area contributed by atoms with Crippen LogP contribution in [0.4, 0.5) is 0 Å². The van der Waals surface area contributed by atoms with E-state index in [1.54, 1.807) is 11.1 Å². The van der Waals surface area contributed by atoms with E-state index in [0.717, 1.165) is 0 Å². The lowest BCUT2D eigenvalue weighted by Gasteiger charge is -2.12. The van der Waals surface area contributed by atoms with Crippen molar-refractivity contribution in [1.82, 2.24) is 0 Å². The highest BCUT2D eigenvalue weighted by atomic mass is 14.2. The molecule has 1 aromatic carbocycles. The average Bonchev–Trinajstić information content (AvgIpc) is 2.77. The van der Waals surface area contributed by atoms with E-state index in [1.165, 1.54) is 44.1 Å². The van der Waals surface area contributed by atoms with Gasteiger partial charge >= 0.3 is 0 Å². The zero-order valence-corrected chi connectivity index (χ0v) is 11.2. The summed E-state index contributed by atoms with van der Waals surface area (Å²) < 4.78 is 0. The van der Waals surface area contributed by atoms with E-state index in [-0.39, 0.29) is 0 Å². The molecule has 0 radical (unpaired) electrons. The molecule has 0 nitrogen and oxygen atoms in total. The van der Waals surface area contributed by atoms with Crippen molar-refractivity contribution in [2.24, 2.45) is 0 Å². The number of aryl methyl sites for hydroxylation is 1. The molecule has 0 heteroatoms. The van der Waals surface area contributed by atoms with Crippen LogP contribution in [-0.4, -0.2) is 0 Å². The lowest BCUT2D eigenvalue weighted by molar-refractivity contribution is 0.668. The number of hydrogen-bond acceptors (Lipinski definition) is 0. The standard InChI is InChI=1S/C17H24/c1-3-5-8-14-10-7-11-16-15(9-6-4-2)12-13-17(14)16/h7,10-13,15H,3-6,8-9H2,1-2H3. The Morgan fingerprint density at radius 1 is 1.06 bits per heavy atom. The predicted molar refractivity (Wildman–Crippen MR) is 76.4 cm³/mol.